The standard InChI is InChI=1S/C15H11BrCl2O3/c1-20-8-6-10(16)13(12(7-8)21-2)15(19)9-4-3-5-11(17)14(9)18/h3-7H,1-2H3. The van der Waals surface area contributed by atoms with E-state index in [2.05, 4.69) is 15.9 Å². The van der Waals surface area contributed by atoms with E-state index in [1.165, 1.54) is 14.2 Å². The van der Waals surface area contributed by atoms with Crippen LogP contribution in [0.15, 0.2) is 34.8 Å². The van der Waals surface area contributed by atoms with Gasteiger partial charge in [0.1, 0.15) is 11.5 Å². The molecule has 0 aliphatic carbocycles. The molecule has 0 amide bonds. The first-order valence-corrected chi connectivity index (χ1v) is 7.44. The van der Waals surface area contributed by atoms with Crippen molar-refractivity contribution >= 4 is 44.9 Å². The van der Waals surface area contributed by atoms with Crippen LogP contribution in [0.1, 0.15) is 15.9 Å². The average molecular weight is 390 g/mol. The molecule has 0 unspecified atom stereocenters. The average Bonchev–Trinajstić information content (AvgIpc) is 2.48. The Kier molecular flexibility index (Phi) is 5.14. The maximum atomic E-state index is 12.7. The minimum atomic E-state index is -0.283. The SMILES string of the molecule is COc1cc(Br)c(C(=O)c2cccc(Cl)c2Cl)c(OC)c1. The van der Waals surface area contributed by atoms with Crippen molar-refractivity contribution in [3.05, 3.63) is 56.0 Å². The third-order valence-electron chi connectivity index (χ3n) is 2.91. The number of hydrogen-bond acceptors (Lipinski definition) is 3. The van der Waals surface area contributed by atoms with Gasteiger partial charge in [0.15, 0.2) is 5.78 Å². The Bertz CT molecular complexity index is 702. The lowest BCUT2D eigenvalue weighted by molar-refractivity contribution is 0.103. The van der Waals surface area contributed by atoms with Gasteiger partial charge in [-0.1, -0.05) is 29.3 Å². The first-order valence-electron chi connectivity index (χ1n) is 5.89. The lowest BCUT2D eigenvalue weighted by Gasteiger charge is -2.13. The van der Waals surface area contributed by atoms with Crippen LogP contribution in [0.4, 0.5) is 0 Å². The summed E-state index contributed by atoms with van der Waals surface area (Å²) in [6.07, 6.45) is 0. The number of methoxy groups -OCH3 is 2. The minimum Gasteiger partial charge on any atom is -0.497 e. The zero-order valence-corrected chi connectivity index (χ0v) is 14.3. The van der Waals surface area contributed by atoms with Crippen molar-refractivity contribution in [3.8, 4) is 11.5 Å². The molecule has 2 aromatic rings. The van der Waals surface area contributed by atoms with E-state index in [1.807, 2.05) is 0 Å². The van der Waals surface area contributed by atoms with E-state index < -0.39 is 0 Å². The molecule has 0 bridgehead atoms. The van der Waals surface area contributed by atoms with Crippen LogP contribution >= 0.6 is 39.1 Å². The molecule has 6 heteroatoms. The summed E-state index contributed by atoms with van der Waals surface area (Å²) in [6, 6.07) is 8.24. The molecule has 21 heavy (non-hydrogen) atoms. The van der Waals surface area contributed by atoms with Crippen molar-refractivity contribution in [2.24, 2.45) is 0 Å². The molecule has 0 radical (unpaired) electrons. The first-order chi connectivity index (χ1) is 9.99. The van der Waals surface area contributed by atoms with Crippen LogP contribution in [-0.4, -0.2) is 20.0 Å². The Morgan fingerprint density at radius 1 is 1.14 bits per heavy atom. The third kappa shape index (κ3) is 3.18. The Morgan fingerprint density at radius 2 is 1.86 bits per heavy atom. The number of ketones is 1. The zero-order chi connectivity index (χ0) is 15.6. The second-order valence-electron chi connectivity index (χ2n) is 4.12. The quantitative estimate of drug-likeness (QED) is 0.690. The van der Waals surface area contributed by atoms with Crippen LogP contribution < -0.4 is 9.47 Å². The first kappa shape index (κ1) is 16.1. The molecule has 2 rings (SSSR count). The molecule has 0 saturated heterocycles. The molecule has 110 valence electrons. The highest BCUT2D eigenvalue weighted by atomic mass is 79.9. The van der Waals surface area contributed by atoms with Crippen LogP contribution in [0.5, 0.6) is 11.5 Å². The van der Waals surface area contributed by atoms with Gasteiger partial charge in [0.25, 0.3) is 0 Å². The molecule has 0 atom stereocenters. The fourth-order valence-electron chi connectivity index (χ4n) is 1.87. The number of ether oxygens (including phenoxy) is 2. The maximum Gasteiger partial charge on any atom is 0.199 e. The molecule has 3 nitrogen and oxygen atoms in total. The van der Waals surface area contributed by atoms with Crippen LogP contribution in [0.3, 0.4) is 0 Å². The molecule has 0 heterocycles. The lowest BCUT2D eigenvalue weighted by Crippen LogP contribution is -2.06. The molecule has 2 aromatic carbocycles. The Morgan fingerprint density at radius 3 is 2.48 bits per heavy atom. The highest BCUT2D eigenvalue weighted by Gasteiger charge is 2.22. The number of hydrogen-bond donors (Lipinski definition) is 0. The van der Waals surface area contributed by atoms with E-state index in [0.29, 0.717) is 32.1 Å². The third-order valence-corrected chi connectivity index (χ3v) is 4.35. The van der Waals surface area contributed by atoms with Crippen LogP contribution in [0, 0.1) is 0 Å². The molecule has 0 saturated carbocycles. The van der Waals surface area contributed by atoms with E-state index >= 15 is 0 Å². The van der Waals surface area contributed by atoms with Crippen molar-refractivity contribution < 1.29 is 14.3 Å². The van der Waals surface area contributed by atoms with Gasteiger partial charge in [-0.15, -0.1) is 0 Å². The van der Waals surface area contributed by atoms with Gasteiger partial charge in [-0.25, -0.2) is 0 Å². The summed E-state index contributed by atoms with van der Waals surface area (Å²) < 4.78 is 11.0. The summed E-state index contributed by atoms with van der Waals surface area (Å²) in [5, 5.41) is 0.542. The van der Waals surface area contributed by atoms with Gasteiger partial charge in [0.05, 0.1) is 29.8 Å². The lowest BCUT2D eigenvalue weighted by atomic mass is 10.0. The number of carbonyl (C=O) groups excluding carboxylic acids is 1. The molecular weight excluding hydrogens is 379 g/mol. The molecule has 0 aliphatic rings. The number of rotatable bonds is 4. The van der Waals surface area contributed by atoms with Gasteiger partial charge in [0.2, 0.25) is 0 Å². The predicted octanol–water partition coefficient (Wildman–Crippen LogP) is 5.00. The van der Waals surface area contributed by atoms with Crippen LogP contribution in [-0.2, 0) is 0 Å². The number of carbonyl (C=O) groups is 1. The summed E-state index contributed by atoms with van der Waals surface area (Å²) in [6.45, 7) is 0. The monoisotopic (exact) mass is 388 g/mol. The molecular formula is C15H11BrCl2O3. The summed E-state index contributed by atoms with van der Waals surface area (Å²) >= 11 is 15.4. The van der Waals surface area contributed by atoms with E-state index in [4.69, 9.17) is 32.7 Å². The normalized spacial score (nSPS) is 10.3. The summed E-state index contributed by atoms with van der Waals surface area (Å²) in [5.41, 5.74) is 0.677. The Hall–Kier alpha value is -1.23. The van der Waals surface area contributed by atoms with E-state index in [1.54, 1.807) is 30.3 Å². The molecule has 0 fully saturated rings. The van der Waals surface area contributed by atoms with Gasteiger partial charge in [-0.2, -0.15) is 0 Å². The molecule has 0 aromatic heterocycles. The van der Waals surface area contributed by atoms with Crippen LogP contribution in [0.2, 0.25) is 10.0 Å². The van der Waals surface area contributed by atoms with E-state index in [9.17, 15) is 4.79 Å². The second kappa shape index (κ2) is 6.69. The van der Waals surface area contributed by atoms with E-state index in [0.717, 1.165) is 0 Å². The predicted molar refractivity (Wildman–Crippen MR) is 87.1 cm³/mol. The molecule has 0 aliphatic heterocycles. The second-order valence-corrected chi connectivity index (χ2v) is 5.76. The summed E-state index contributed by atoms with van der Waals surface area (Å²) in [7, 11) is 3.02. The zero-order valence-electron chi connectivity index (χ0n) is 11.2. The Balaban J connectivity index is 2.60. The largest absolute Gasteiger partial charge is 0.497 e. The molecule has 0 N–H and O–H groups in total. The smallest absolute Gasteiger partial charge is 0.199 e. The van der Waals surface area contributed by atoms with Crippen molar-refractivity contribution in [1.29, 1.82) is 0 Å². The highest BCUT2D eigenvalue weighted by Crippen LogP contribution is 2.36. The molecule has 0 spiro atoms. The van der Waals surface area contributed by atoms with Gasteiger partial charge in [0, 0.05) is 16.1 Å². The fourth-order valence-corrected chi connectivity index (χ4v) is 2.86. The minimum absolute atomic E-state index is 0.217. The Labute approximate surface area is 140 Å². The number of benzene rings is 2. The summed E-state index contributed by atoms with van der Waals surface area (Å²) in [4.78, 5) is 12.7. The van der Waals surface area contributed by atoms with Gasteiger partial charge in [-0.3, -0.25) is 4.79 Å². The highest BCUT2D eigenvalue weighted by molar-refractivity contribution is 9.10. The van der Waals surface area contributed by atoms with Crippen molar-refractivity contribution in [1.82, 2.24) is 0 Å². The van der Waals surface area contributed by atoms with Crippen molar-refractivity contribution in [2.45, 2.75) is 0 Å². The fraction of sp³-hybridized carbons (Fsp3) is 0.133. The van der Waals surface area contributed by atoms with Gasteiger partial charge < -0.3 is 9.47 Å². The van der Waals surface area contributed by atoms with E-state index in [-0.39, 0.29) is 10.8 Å². The topological polar surface area (TPSA) is 35.5 Å². The van der Waals surface area contributed by atoms with Crippen molar-refractivity contribution in [3.63, 3.8) is 0 Å². The maximum absolute atomic E-state index is 12.7. The van der Waals surface area contributed by atoms with Gasteiger partial charge >= 0.3 is 0 Å². The summed E-state index contributed by atoms with van der Waals surface area (Å²) in [5.74, 6) is 0.684. The number of halogens is 3. The van der Waals surface area contributed by atoms with Gasteiger partial charge in [-0.05, 0) is 34.1 Å². The van der Waals surface area contributed by atoms with Crippen molar-refractivity contribution in [2.75, 3.05) is 14.2 Å². The van der Waals surface area contributed by atoms with Crippen LogP contribution in [0.25, 0.3) is 0 Å².